The van der Waals surface area contributed by atoms with Crippen molar-refractivity contribution in [3.63, 3.8) is 0 Å². The monoisotopic (exact) mass is 403 g/mol. The quantitative estimate of drug-likeness (QED) is 0.336. The van der Waals surface area contributed by atoms with Gasteiger partial charge in [0.2, 0.25) is 0 Å². The van der Waals surface area contributed by atoms with Crippen LogP contribution in [0, 0.1) is 0 Å². The lowest BCUT2D eigenvalue weighted by molar-refractivity contribution is 0.132. The fourth-order valence-electron chi connectivity index (χ4n) is 2.93. The van der Waals surface area contributed by atoms with Gasteiger partial charge in [-0.1, -0.05) is 80.5 Å². The first-order valence-corrected chi connectivity index (χ1v) is 10.1. The van der Waals surface area contributed by atoms with E-state index in [-0.39, 0.29) is 5.41 Å². The molecule has 0 aliphatic carbocycles. The van der Waals surface area contributed by atoms with Gasteiger partial charge in [-0.25, -0.2) is 0 Å². The summed E-state index contributed by atoms with van der Waals surface area (Å²) in [7, 11) is 1.63. The first-order valence-electron chi connectivity index (χ1n) is 10.1. The molecule has 156 valence electrons. The first kappa shape index (κ1) is 21.4. The number of hydrogen-bond donors (Lipinski definition) is 0. The summed E-state index contributed by atoms with van der Waals surface area (Å²) in [4.78, 5) is 5.47. The highest BCUT2D eigenvalue weighted by atomic mass is 16.6. The Bertz CT molecular complexity index is 958. The predicted octanol–water partition coefficient (Wildman–Crippen LogP) is 6.12. The minimum absolute atomic E-state index is 0.145. The van der Waals surface area contributed by atoms with Gasteiger partial charge in [0.15, 0.2) is 11.5 Å². The molecule has 0 amide bonds. The van der Waals surface area contributed by atoms with E-state index in [0.717, 1.165) is 16.7 Å². The van der Waals surface area contributed by atoms with Crippen LogP contribution in [0.25, 0.3) is 0 Å². The molecule has 0 fully saturated rings. The Kier molecular flexibility index (Phi) is 7.12. The van der Waals surface area contributed by atoms with Crippen molar-refractivity contribution in [3.8, 4) is 11.5 Å². The van der Waals surface area contributed by atoms with Crippen LogP contribution in [0.3, 0.4) is 0 Å². The number of benzene rings is 3. The number of oxime groups is 1. The van der Waals surface area contributed by atoms with Gasteiger partial charge in [0.25, 0.3) is 0 Å². The van der Waals surface area contributed by atoms with E-state index in [2.05, 4.69) is 50.2 Å². The van der Waals surface area contributed by atoms with E-state index in [1.165, 1.54) is 5.56 Å². The third-order valence-corrected chi connectivity index (χ3v) is 4.75. The molecule has 0 saturated carbocycles. The Labute approximate surface area is 179 Å². The molecule has 4 nitrogen and oxygen atoms in total. The maximum absolute atomic E-state index is 5.94. The molecule has 0 radical (unpaired) electrons. The summed E-state index contributed by atoms with van der Waals surface area (Å²) in [5.74, 6) is 1.35. The zero-order valence-electron chi connectivity index (χ0n) is 18.1. The molecule has 0 unspecified atom stereocenters. The molecule has 4 heteroatoms. The molecular formula is C26H29NO3. The summed E-state index contributed by atoms with van der Waals surface area (Å²) in [6.45, 7) is 7.51. The Balaban J connectivity index is 1.58. The van der Waals surface area contributed by atoms with E-state index in [1.54, 1.807) is 13.3 Å². The summed E-state index contributed by atoms with van der Waals surface area (Å²) in [6, 6.07) is 24.2. The highest BCUT2D eigenvalue weighted by Crippen LogP contribution is 2.28. The molecular weight excluding hydrogens is 374 g/mol. The zero-order valence-corrected chi connectivity index (χ0v) is 18.1. The molecule has 0 aliphatic heterocycles. The standard InChI is InChI=1S/C26H29NO3/c1-26(2,3)23-13-10-21(11-14-23)19-30-27-17-22-12-15-24(28-4)25(16-22)29-18-20-8-6-5-7-9-20/h5-17H,18-19H2,1-4H3. The van der Waals surface area contributed by atoms with Gasteiger partial charge in [0.05, 0.1) is 13.3 Å². The van der Waals surface area contributed by atoms with E-state index >= 15 is 0 Å². The summed E-state index contributed by atoms with van der Waals surface area (Å²) in [5, 5.41) is 4.10. The van der Waals surface area contributed by atoms with Crippen molar-refractivity contribution in [1.29, 1.82) is 0 Å². The van der Waals surface area contributed by atoms with Crippen LogP contribution in [-0.4, -0.2) is 13.3 Å². The summed E-state index contributed by atoms with van der Waals surface area (Å²) in [6.07, 6.45) is 1.68. The van der Waals surface area contributed by atoms with E-state index in [1.807, 2.05) is 48.5 Å². The minimum atomic E-state index is 0.145. The molecule has 30 heavy (non-hydrogen) atoms. The lowest BCUT2D eigenvalue weighted by atomic mass is 9.87. The van der Waals surface area contributed by atoms with Crippen LogP contribution >= 0.6 is 0 Å². The van der Waals surface area contributed by atoms with Crippen LogP contribution in [0.15, 0.2) is 78.0 Å². The van der Waals surface area contributed by atoms with E-state index in [4.69, 9.17) is 14.3 Å². The average molecular weight is 404 g/mol. The van der Waals surface area contributed by atoms with Gasteiger partial charge in [-0.3, -0.25) is 0 Å². The normalized spacial score (nSPS) is 11.5. The van der Waals surface area contributed by atoms with Crippen LogP contribution in [0.5, 0.6) is 11.5 Å². The lowest BCUT2D eigenvalue weighted by Gasteiger charge is -2.18. The van der Waals surface area contributed by atoms with Crippen LogP contribution in [0.4, 0.5) is 0 Å². The molecule has 0 aliphatic rings. The molecule has 0 spiro atoms. The fourth-order valence-corrected chi connectivity index (χ4v) is 2.93. The SMILES string of the molecule is COc1ccc(C=NOCc2ccc(C(C)(C)C)cc2)cc1OCc1ccccc1. The second-order valence-corrected chi connectivity index (χ2v) is 8.14. The summed E-state index contributed by atoms with van der Waals surface area (Å²) >= 11 is 0. The zero-order chi connectivity index (χ0) is 21.4. The maximum atomic E-state index is 5.94. The molecule has 0 atom stereocenters. The number of rotatable bonds is 8. The van der Waals surface area contributed by atoms with Gasteiger partial charge < -0.3 is 14.3 Å². The fraction of sp³-hybridized carbons (Fsp3) is 0.269. The van der Waals surface area contributed by atoms with Gasteiger partial charge >= 0.3 is 0 Å². The molecule has 0 N–H and O–H groups in total. The molecule has 0 heterocycles. The van der Waals surface area contributed by atoms with Crippen molar-refractivity contribution in [3.05, 3.63) is 95.1 Å². The molecule has 0 aromatic heterocycles. The van der Waals surface area contributed by atoms with Crippen molar-refractivity contribution in [1.82, 2.24) is 0 Å². The minimum Gasteiger partial charge on any atom is -0.493 e. The van der Waals surface area contributed by atoms with Crippen molar-refractivity contribution in [2.75, 3.05) is 7.11 Å². The molecule has 0 bridgehead atoms. The van der Waals surface area contributed by atoms with Crippen molar-refractivity contribution in [2.45, 2.75) is 39.4 Å². The van der Waals surface area contributed by atoms with Crippen LogP contribution in [0.2, 0.25) is 0 Å². The molecule has 3 aromatic carbocycles. The first-order chi connectivity index (χ1) is 14.5. The van der Waals surface area contributed by atoms with Gasteiger partial charge in [-0.15, -0.1) is 0 Å². The van der Waals surface area contributed by atoms with E-state index in [9.17, 15) is 0 Å². The summed E-state index contributed by atoms with van der Waals surface area (Å²) in [5.41, 5.74) is 4.51. The number of methoxy groups -OCH3 is 1. The third-order valence-electron chi connectivity index (χ3n) is 4.75. The van der Waals surface area contributed by atoms with E-state index < -0.39 is 0 Å². The van der Waals surface area contributed by atoms with Crippen LogP contribution < -0.4 is 9.47 Å². The highest BCUT2D eigenvalue weighted by Gasteiger charge is 2.12. The average Bonchev–Trinajstić information content (AvgIpc) is 2.76. The Morgan fingerprint density at radius 3 is 2.17 bits per heavy atom. The number of hydrogen-bond acceptors (Lipinski definition) is 4. The van der Waals surface area contributed by atoms with Crippen molar-refractivity contribution < 1.29 is 14.3 Å². The second kappa shape index (κ2) is 9.97. The summed E-state index contributed by atoms with van der Waals surface area (Å²) < 4.78 is 11.3. The van der Waals surface area contributed by atoms with Crippen LogP contribution in [0.1, 0.15) is 43.0 Å². The van der Waals surface area contributed by atoms with Crippen molar-refractivity contribution >= 4 is 6.21 Å². The van der Waals surface area contributed by atoms with Gasteiger partial charge in [-0.2, -0.15) is 0 Å². The van der Waals surface area contributed by atoms with Crippen LogP contribution in [-0.2, 0) is 23.5 Å². The number of ether oxygens (including phenoxy) is 2. The van der Waals surface area contributed by atoms with Crippen molar-refractivity contribution in [2.24, 2.45) is 5.16 Å². The van der Waals surface area contributed by atoms with E-state index in [0.29, 0.717) is 24.7 Å². The molecule has 3 aromatic rings. The Morgan fingerprint density at radius 2 is 1.50 bits per heavy atom. The lowest BCUT2D eigenvalue weighted by Crippen LogP contribution is -2.10. The topological polar surface area (TPSA) is 40.0 Å². The number of nitrogens with zero attached hydrogens (tertiary/aromatic N) is 1. The predicted molar refractivity (Wildman–Crippen MR) is 121 cm³/mol. The Morgan fingerprint density at radius 1 is 0.800 bits per heavy atom. The second-order valence-electron chi connectivity index (χ2n) is 8.14. The van der Waals surface area contributed by atoms with Gasteiger partial charge in [0.1, 0.15) is 13.2 Å². The molecule has 3 rings (SSSR count). The third kappa shape index (κ3) is 6.11. The smallest absolute Gasteiger partial charge is 0.162 e. The molecule has 0 saturated heterocycles. The maximum Gasteiger partial charge on any atom is 0.162 e. The largest absolute Gasteiger partial charge is 0.493 e. The van der Waals surface area contributed by atoms with Gasteiger partial charge in [0, 0.05) is 5.56 Å². The highest BCUT2D eigenvalue weighted by molar-refractivity contribution is 5.80. The Hall–Kier alpha value is -3.27. The van der Waals surface area contributed by atoms with Gasteiger partial charge in [-0.05, 0) is 40.3 Å².